The molecule has 4 aromatic carbocycles. The van der Waals surface area contributed by atoms with Gasteiger partial charge in [-0.05, 0) is 88.4 Å². The third-order valence-corrected chi connectivity index (χ3v) is 7.18. The Labute approximate surface area is 240 Å². The predicted octanol–water partition coefficient (Wildman–Crippen LogP) is 6.86. The van der Waals surface area contributed by atoms with Crippen LogP contribution in [0.3, 0.4) is 0 Å². The van der Waals surface area contributed by atoms with E-state index in [1.807, 2.05) is 57.2 Å². The van der Waals surface area contributed by atoms with Gasteiger partial charge in [0.05, 0.1) is 16.8 Å². The van der Waals surface area contributed by atoms with Crippen molar-refractivity contribution in [1.29, 1.82) is 0 Å². The number of halogens is 1. The Morgan fingerprint density at radius 3 is 2.48 bits per heavy atom. The van der Waals surface area contributed by atoms with Gasteiger partial charge in [-0.25, -0.2) is 9.69 Å². The number of ether oxygens (including phenoxy) is 2. The lowest BCUT2D eigenvalue weighted by Crippen LogP contribution is -2.54. The van der Waals surface area contributed by atoms with E-state index in [4.69, 9.17) is 9.47 Å². The molecule has 40 heavy (non-hydrogen) atoms. The second kappa shape index (κ2) is 11.4. The van der Waals surface area contributed by atoms with E-state index in [0.29, 0.717) is 40.4 Å². The number of nitrogens with zero attached hydrogens (tertiary/aromatic N) is 1. The van der Waals surface area contributed by atoms with Crippen molar-refractivity contribution in [2.75, 3.05) is 11.5 Å². The number of rotatable bonds is 7. The average molecular weight is 599 g/mol. The van der Waals surface area contributed by atoms with Crippen molar-refractivity contribution in [2.45, 2.75) is 27.4 Å². The summed E-state index contributed by atoms with van der Waals surface area (Å²) in [5.41, 5.74) is 3.54. The first-order chi connectivity index (χ1) is 19.3. The first-order valence-electron chi connectivity index (χ1n) is 12.8. The smallest absolute Gasteiger partial charge is 0.335 e. The molecule has 7 nitrogen and oxygen atoms in total. The van der Waals surface area contributed by atoms with Gasteiger partial charge in [-0.2, -0.15) is 0 Å². The zero-order chi connectivity index (χ0) is 28.4. The number of carbonyl (C=O) groups excluding carboxylic acids is 3. The van der Waals surface area contributed by atoms with Crippen molar-refractivity contribution in [3.63, 3.8) is 0 Å². The summed E-state index contributed by atoms with van der Waals surface area (Å²) in [6, 6.07) is 22.2. The minimum absolute atomic E-state index is 0.168. The van der Waals surface area contributed by atoms with Gasteiger partial charge in [-0.1, -0.05) is 60.2 Å². The highest BCUT2D eigenvalue weighted by molar-refractivity contribution is 9.10. The Balaban J connectivity index is 1.47. The van der Waals surface area contributed by atoms with Crippen LogP contribution in [0.1, 0.15) is 29.2 Å². The molecule has 0 saturated carbocycles. The summed E-state index contributed by atoms with van der Waals surface area (Å²) in [5.74, 6) is -0.508. The van der Waals surface area contributed by atoms with Gasteiger partial charge in [0.2, 0.25) is 0 Å². The van der Waals surface area contributed by atoms with Gasteiger partial charge in [0, 0.05) is 0 Å². The zero-order valence-electron chi connectivity index (χ0n) is 22.3. The molecule has 8 heteroatoms. The molecule has 4 amide bonds. The van der Waals surface area contributed by atoms with Crippen LogP contribution in [0.4, 0.5) is 10.5 Å². The summed E-state index contributed by atoms with van der Waals surface area (Å²) in [7, 11) is 0. The zero-order valence-corrected chi connectivity index (χ0v) is 23.9. The number of fused-ring (bicyclic) bond motifs is 1. The monoisotopic (exact) mass is 598 g/mol. The van der Waals surface area contributed by atoms with E-state index < -0.39 is 17.8 Å². The molecular formula is C32H27BrN2O5. The predicted molar refractivity (Wildman–Crippen MR) is 159 cm³/mol. The number of hydrogen-bond acceptors (Lipinski definition) is 5. The van der Waals surface area contributed by atoms with Crippen LogP contribution >= 0.6 is 15.9 Å². The molecule has 0 spiro atoms. The largest absolute Gasteiger partial charge is 0.490 e. The van der Waals surface area contributed by atoms with Gasteiger partial charge in [0.25, 0.3) is 11.8 Å². The topological polar surface area (TPSA) is 84.9 Å². The van der Waals surface area contributed by atoms with Crippen molar-refractivity contribution < 1.29 is 23.9 Å². The van der Waals surface area contributed by atoms with Crippen LogP contribution in [0, 0.1) is 13.8 Å². The van der Waals surface area contributed by atoms with E-state index in [-0.39, 0.29) is 5.57 Å². The molecule has 1 aliphatic heterocycles. The number of carbonyl (C=O) groups is 3. The standard InChI is InChI=1S/C32H27BrN2O5/c1-4-39-28-17-21(16-26(33)29(28)40-18-23-10-7-9-22-8-5-6-11-24(22)23)15-25-30(36)34-32(38)35(31(25)37)27-13-12-19(2)14-20(27)3/h5-17H,4,18H2,1-3H3,(H,34,36,38)/b25-15+. The molecule has 0 aliphatic carbocycles. The van der Waals surface area contributed by atoms with Crippen LogP contribution < -0.4 is 19.7 Å². The number of amides is 4. The maximum atomic E-state index is 13.4. The molecule has 1 fully saturated rings. The number of hydrogen-bond donors (Lipinski definition) is 1. The fraction of sp³-hybridized carbons (Fsp3) is 0.156. The number of barbiturate groups is 1. The number of anilines is 1. The number of benzene rings is 4. The lowest BCUT2D eigenvalue weighted by atomic mass is 10.0. The first-order valence-corrected chi connectivity index (χ1v) is 13.6. The molecular weight excluding hydrogens is 572 g/mol. The molecule has 1 saturated heterocycles. The summed E-state index contributed by atoms with van der Waals surface area (Å²) < 4.78 is 12.7. The second-order valence-electron chi connectivity index (χ2n) is 9.44. The summed E-state index contributed by atoms with van der Waals surface area (Å²) in [4.78, 5) is 39.8. The number of urea groups is 1. The molecule has 1 heterocycles. The SMILES string of the molecule is CCOc1cc(/C=C2\C(=O)NC(=O)N(c3ccc(C)cc3C)C2=O)cc(Br)c1OCc1cccc2ccccc12. The molecule has 0 bridgehead atoms. The number of nitrogens with one attached hydrogen (secondary N) is 1. The van der Waals surface area contributed by atoms with Gasteiger partial charge >= 0.3 is 6.03 Å². The van der Waals surface area contributed by atoms with Crippen molar-refractivity contribution in [3.05, 3.63) is 105 Å². The van der Waals surface area contributed by atoms with E-state index in [0.717, 1.165) is 32.4 Å². The minimum Gasteiger partial charge on any atom is -0.490 e. The summed E-state index contributed by atoms with van der Waals surface area (Å²) in [6.07, 6.45) is 1.45. The van der Waals surface area contributed by atoms with Crippen LogP contribution in [0.25, 0.3) is 16.8 Å². The van der Waals surface area contributed by atoms with Gasteiger partial charge in [0.15, 0.2) is 11.5 Å². The Morgan fingerprint density at radius 1 is 0.925 bits per heavy atom. The molecule has 5 rings (SSSR count). The van der Waals surface area contributed by atoms with E-state index >= 15 is 0 Å². The van der Waals surface area contributed by atoms with Crippen molar-refractivity contribution in [3.8, 4) is 11.5 Å². The Hall–Kier alpha value is -4.43. The third-order valence-electron chi connectivity index (χ3n) is 6.59. The van der Waals surface area contributed by atoms with Gasteiger partial charge in [-0.15, -0.1) is 0 Å². The molecule has 4 aromatic rings. The average Bonchev–Trinajstić information content (AvgIpc) is 2.92. The highest BCUT2D eigenvalue weighted by Crippen LogP contribution is 2.39. The quantitative estimate of drug-likeness (QED) is 0.185. The molecule has 202 valence electrons. The van der Waals surface area contributed by atoms with Crippen LogP contribution in [-0.2, 0) is 16.2 Å². The van der Waals surface area contributed by atoms with E-state index in [2.05, 4.69) is 39.4 Å². The number of imide groups is 2. The van der Waals surface area contributed by atoms with E-state index in [1.54, 1.807) is 18.2 Å². The van der Waals surface area contributed by atoms with Crippen molar-refractivity contribution in [1.82, 2.24) is 5.32 Å². The minimum atomic E-state index is -0.785. The lowest BCUT2D eigenvalue weighted by molar-refractivity contribution is -0.122. The summed E-state index contributed by atoms with van der Waals surface area (Å²) in [6.45, 7) is 6.29. The fourth-order valence-corrected chi connectivity index (χ4v) is 5.32. The molecule has 0 atom stereocenters. The molecule has 0 aromatic heterocycles. The Kier molecular flexibility index (Phi) is 7.71. The Morgan fingerprint density at radius 2 is 1.70 bits per heavy atom. The highest BCUT2D eigenvalue weighted by Gasteiger charge is 2.37. The highest BCUT2D eigenvalue weighted by atomic mass is 79.9. The van der Waals surface area contributed by atoms with Gasteiger partial charge in [0.1, 0.15) is 12.2 Å². The maximum Gasteiger partial charge on any atom is 0.335 e. The van der Waals surface area contributed by atoms with Gasteiger partial charge < -0.3 is 9.47 Å². The van der Waals surface area contributed by atoms with Gasteiger partial charge in [-0.3, -0.25) is 14.9 Å². The van der Waals surface area contributed by atoms with Crippen LogP contribution in [0.15, 0.2) is 82.8 Å². The van der Waals surface area contributed by atoms with Crippen molar-refractivity contribution >= 4 is 56.3 Å². The van der Waals surface area contributed by atoms with Crippen LogP contribution in [-0.4, -0.2) is 24.5 Å². The van der Waals surface area contributed by atoms with Crippen LogP contribution in [0.2, 0.25) is 0 Å². The maximum absolute atomic E-state index is 13.4. The van der Waals surface area contributed by atoms with Crippen molar-refractivity contribution in [2.24, 2.45) is 0 Å². The van der Waals surface area contributed by atoms with E-state index in [1.165, 1.54) is 6.08 Å². The molecule has 1 N–H and O–H groups in total. The summed E-state index contributed by atoms with van der Waals surface area (Å²) in [5, 5.41) is 4.51. The normalized spacial score (nSPS) is 14.6. The first kappa shape index (κ1) is 27.1. The Bertz CT molecular complexity index is 1690. The molecule has 0 unspecified atom stereocenters. The molecule has 0 radical (unpaired) electrons. The summed E-state index contributed by atoms with van der Waals surface area (Å²) >= 11 is 3.58. The third kappa shape index (κ3) is 5.35. The van der Waals surface area contributed by atoms with Crippen LogP contribution in [0.5, 0.6) is 11.5 Å². The fourth-order valence-electron chi connectivity index (χ4n) is 4.74. The second-order valence-corrected chi connectivity index (χ2v) is 10.3. The number of aryl methyl sites for hydroxylation is 2. The van der Waals surface area contributed by atoms with E-state index in [9.17, 15) is 14.4 Å². The lowest BCUT2D eigenvalue weighted by Gasteiger charge is -2.27. The molecule has 1 aliphatic rings.